The second-order valence-electron chi connectivity index (χ2n) is 4.66. The summed E-state index contributed by atoms with van der Waals surface area (Å²) < 4.78 is 5.66. The van der Waals surface area contributed by atoms with Crippen LogP contribution in [0.5, 0.6) is 0 Å². The lowest BCUT2D eigenvalue weighted by atomic mass is 9.97. The summed E-state index contributed by atoms with van der Waals surface area (Å²) in [5, 5.41) is 0. The van der Waals surface area contributed by atoms with Gasteiger partial charge in [0.05, 0.1) is 12.5 Å². The molecule has 20 heavy (non-hydrogen) atoms. The van der Waals surface area contributed by atoms with E-state index in [-0.39, 0.29) is 17.8 Å². The van der Waals surface area contributed by atoms with E-state index in [4.69, 9.17) is 4.74 Å². The van der Waals surface area contributed by atoms with Crippen LogP contribution in [0.15, 0.2) is 22.8 Å². The maximum atomic E-state index is 12.3. The third-order valence-electron chi connectivity index (χ3n) is 3.34. The molecule has 1 aromatic rings. The summed E-state index contributed by atoms with van der Waals surface area (Å²) in [6.07, 6.45) is 1.30. The standard InChI is InChI=1S/C14H17BrN2O3/c1-2-20-14(19)10-6-8-17(9-7-10)13(18)11-4-3-5-12(15)16-11/h3-5,10H,2,6-9H2,1H3. The van der Waals surface area contributed by atoms with Gasteiger partial charge in [0, 0.05) is 13.1 Å². The van der Waals surface area contributed by atoms with Gasteiger partial charge in [-0.3, -0.25) is 9.59 Å². The molecule has 1 aliphatic rings. The van der Waals surface area contributed by atoms with Gasteiger partial charge in [-0.1, -0.05) is 6.07 Å². The Kier molecular flexibility index (Phi) is 5.11. The molecular formula is C14H17BrN2O3. The van der Waals surface area contributed by atoms with E-state index in [1.807, 2.05) is 0 Å². The van der Waals surface area contributed by atoms with E-state index in [2.05, 4.69) is 20.9 Å². The van der Waals surface area contributed by atoms with Crippen LogP contribution in [0.3, 0.4) is 0 Å². The molecule has 0 aliphatic carbocycles. The first-order chi connectivity index (χ1) is 9.61. The van der Waals surface area contributed by atoms with Gasteiger partial charge in [-0.25, -0.2) is 4.98 Å². The van der Waals surface area contributed by atoms with Gasteiger partial charge in [0.2, 0.25) is 0 Å². The zero-order valence-electron chi connectivity index (χ0n) is 11.3. The van der Waals surface area contributed by atoms with Crippen LogP contribution in [0.1, 0.15) is 30.3 Å². The number of piperidine rings is 1. The fourth-order valence-corrected chi connectivity index (χ4v) is 2.61. The van der Waals surface area contributed by atoms with Crippen LogP contribution < -0.4 is 0 Å². The molecular weight excluding hydrogens is 324 g/mol. The minimum absolute atomic E-state index is 0.0885. The lowest BCUT2D eigenvalue weighted by Gasteiger charge is -2.30. The van der Waals surface area contributed by atoms with Crippen molar-refractivity contribution in [3.8, 4) is 0 Å². The minimum atomic E-state index is -0.153. The van der Waals surface area contributed by atoms with Gasteiger partial charge < -0.3 is 9.64 Å². The third-order valence-corrected chi connectivity index (χ3v) is 3.78. The van der Waals surface area contributed by atoms with Gasteiger partial charge in [-0.15, -0.1) is 0 Å². The largest absolute Gasteiger partial charge is 0.466 e. The smallest absolute Gasteiger partial charge is 0.309 e. The predicted molar refractivity (Wildman–Crippen MR) is 77.2 cm³/mol. The third kappa shape index (κ3) is 3.56. The van der Waals surface area contributed by atoms with E-state index in [0.717, 1.165) is 0 Å². The summed E-state index contributed by atoms with van der Waals surface area (Å²) in [5.41, 5.74) is 0.425. The Hall–Kier alpha value is -1.43. The van der Waals surface area contributed by atoms with Crippen LogP contribution in [-0.4, -0.2) is 41.5 Å². The highest BCUT2D eigenvalue weighted by Gasteiger charge is 2.29. The molecule has 1 amide bonds. The predicted octanol–water partition coefficient (Wildman–Crippen LogP) is 2.26. The number of rotatable bonds is 3. The van der Waals surface area contributed by atoms with Crippen molar-refractivity contribution in [2.45, 2.75) is 19.8 Å². The van der Waals surface area contributed by atoms with Crippen LogP contribution in [-0.2, 0) is 9.53 Å². The molecule has 1 aromatic heterocycles. The molecule has 1 fully saturated rings. The van der Waals surface area contributed by atoms with Gasteiger partial charge >= 0.3 is 5.97 Å². The van der Waals surface area contributed by atoms with Gasteiger partial charge in [-0.05, 0) is 47.8 Å². The van der Waals surface area contributed by atoms with Gasteiger partial charge in [0.25, 0.3) is 5.91 Å². The van der Waals surface area contributed by atoms with E-state index >= 15 is 0 Å². The highest BCUT2D eigenvalue weighted by Crippen LogP contribution is 2.20. The topological polar surface area (TPSA) is 59.5 Å². The first kappa shape index (κ1) is 15.0. The Balaban J connectivity index is 1.93. The molecule has 0 unspecified atom stereocenters. The first-order valence-corrected chi connectivity index (χ1v) is 7.49. The average molecular weight is 341 g/mol. The quantitative estimate of drug-likeness (QED) is 0.625. The molecule has 0 bridgehead atoms. The van der Waals surface area contributed by atoms with Crippen molar-refractivity contribution >= 4 is 27.8 Å². The Morgan fingerprint density at radius 3 is 2.70 bits per heavy atom. The Labute approximate surface area is 126 Å². The van der Waals surface area contributed by atoms with Crippen LogP contribution in [0.2, 0.25) is 0 Å². The number of carbonyl (C=O) groups excluding carboxylic acids is 2. The number of nitrogens with zero attached hydrogens (tertiary/aromatic N) is 2. The van der Waals surface area contributed by atoms with Crippen molar-refractivity contribution in [1.82, 2.24) is 9.88 Å². The molecule has 1 aliphatic heterocycles. The van der Waals surface area contributed by atoms with Crippen LogP contribution in [0, 0.1) is 5.92 Å². The number of ether oxygens (including phenoxy) is 1. The first-order valence-electron chi connectivity index (χ1n) is 6.70. The Morgan fingerprint density at radius 2 is 2.10 bits per heavy atom. The number of hydrogen-bond donors (Lipinski definition) is 0. The number of carbonyl (C=O) groups is 2. The Bertz CT molecular complexity index is 499. The molecule has 0 aromatic carbocycles. The summed E-state index contributed by atoms with van der Waals surface area (Å²) in [6.45, 7) is 3.34. The highest BCUT2D eigenvalue weighted by molar-refractivity contribution is 9.10. The fourth-order valence-electron chi connectivity index (χ4n) is 2.27. The van der Waals surface area contributed by atoms with Gasteiger partial charge in [-0.2, -0.15) is 0 Å². The molecule has 0 spiro atoms. The summed E-state index contributed by atoms with van der Waals surface area (Å²) in [5.74, 6) is -0.330. The molecule has 6 heteroatoms. The van der Waals surface area contributed by atoms with E-state index in [1.165, 1.54) is 0 Å². The highest BCUT2D eigenvalue weighted by atomic mass is 79.9. The van der Waals surface area contributed by atoms with Crippen LogP contribution in [0.4, 0.5) is 0 Å². The number of halogens is 1. The lowest BCUT2D eigenvalue weighted by molar-refractivity contribution is -0.149. The van der Waals surface area contributed by atoms with Gasteiger partial charge in [0.1, 0.15) is 10.3 Å². The van der Waals surface area contributed by atoms with Crippen molar-refractivity contribution in [1.29, 1.82) is 0 Å². The maximum absolute atomic E-state index is 12.3. The Morgan fingerprint density at radius 1 is 1.40 bits per heavy atom. The van der Waals surface area contributed by atoms with E-state index in [9.17, 15) is 9.59 Å². The summed E-state index contributed by atoms with van der Waals surface area (Å²) in [6, 6.07) is 5.27. The molecule has 0 N–H and O–H groups in total. The minimum Gasteiger partial charge on any atom is -0.466 e. The lowest BCUT2D eigenvalue weighted by Crippen LogP contribution is -2.41. The molecule has 108 valence electrons. The number of hydrogen-bond acceptors (Lipinski definition) is 4. The van der Waals surface area contributed by atoms with Gasteiger partial charge in [0.15, 0.2) is 0 Å². The van der Waals surface area contributed by atoms with Crippen molar-refractivity contribution in [2.24, 2.45) is 5.92 Å². The number of pyridine rings is 1. The second-order valence-corrected chi connectivity index (χ2v) is 5.48. The van der Waals surface area contributed by atoms with Crippen molar-refractivity contribution in [2.75, 3.05) is 19.7 Å². The average Bonchev–Trinajstić information content (AvgIpc) is 2.47. The van der Waals surface area contributed by atoms with Crippen molar-refractivity contribution in [3.63, 3.8) is 0 Å². The zero-order valence-corrected chi connectivity index (χ0v) is 12.9. The van der Waals surface area contributed by atoms with Crippen LogP contribution >= 0.6 is 15.9 Å². The molecule has 1 saturated heterocycles. The zero-order chi connectivity index (χ0) is 14.5. The van der Waals surface area contributed by atoms with Crippen molar-refractivity contribution in [3.05, 3.63) is 28.5 Å². The molecule has 0 atom stereocenters. The molecule has 2 rings (SSSR count). The molecule has 5 nitrogen and oxygen atoms in total. The van der Waals surface area contributed by atoms with Crippen LogP contribution in [0.25, 0.3) is 0 Å². The van der Waals surface area contributed by atoms with E-state index in [1.54, 1.807) is 30.0 Å². The van der Waals surface area contributed by atoms with E-state index in [0.29, 0.717) is 42.8 Å². The number of likely N-dealkylation sites (tertiary alicyclic amines) is 1. The second kappa shape index (κ2) is 6.83. The number of aromatic nitrogens is 1. The number of amides is 1. The summed E-state index contributed by atoms with van der Waals surface area (Å²) >= 11 is 3.26. The monoisotopic (exact) mass is 340 g/mol. The normalized spacial score (nSPS) is 16.0. The maximum Gasteiger partial charge on any atom is 0.309 e. The molecule has 2 heterocycles. The molecule has 0 saturated carbocycles. The summed E-state index contributed by atoms with van der Waals surface area (Å²) in [4.78, 5) is 29.8. The molecule has 0 radical (unpaired) electrons. The number of esters is 1. The summed E-state index contributed by atoms with van der Waals surface area (Å²) in [7, 11) is 0. The van der Waals surface area contributed by atoms with Crippen molar-refractivity contribution < 1.29 is 14.3 Å². The fraction of sp³-hybridized carbons (Fsp3) is 0.500. The van der Waals surface area contributed by atoms with E-state index < -0.39 is 0 Å². The SMILES string of the molecule is CCOC(=O)C1CCN(C(=O)c2cccc(Br)n2)CC1.